The molecule has 0 radical (unpaired) electrons. The number of H-pyrrole nitrogens is 1. The van der Waals surface area contributed by atoms with E-state index < -0.39 is 0 Å². The smallest absolute Gasteiger partial charge is 0.227 e. The van der Waals surface area contributed by atoms with Crippen LogP contribution in [0.15, 0.2) is 48.8 Å². The average molecular weight is 349 g/mol. The molecule has 0 spiro atoms. The van der Waals surface area contributed by atoms with Crippen LogP contribution in [0, 0.1) is 6.92 Å². The molecule has 3 heterocycles. The van der Waals surface area contributed by atoms with Crippen LogP contribution >= 0.6 is 0 Å². The van der Waals surface area contributed by atoms with Crippen molar-refractivity contribution >= 4 is 16.9 Å². The van der Waals surface area contributed by atoms with E-state index in [2.05, 4.69) is 29.0 Å². The molecule has 0 saturated carbocycles. The van der Waals surface area contributed by atoms with Crippen LogP contribution < -0.4 is 0 Å². The quantitative estimate of drug-likeness (QED) is 0.788. The molecule has 1 fully saturated rings. The van der Waals surface area contributed by atoms with E-state index in [4.69, 9.17) is 4.74 Å². The van der Waals surface area contributed by atoms with Gasteiger partial charge >= 0.3 is 0 Å². The van der Waals surface area contributed by atoms with Crippen LogP contribution in [0.3, 0.4) is 0 Å². The Morgan fingerprint density at radius 1 is 1.31 bits per heavy atom. The first-order valence-corrected chi connectivity index (χ1v) is 9.01. The van der Waals surface area contributed by atoms with Crippen LogP contribution in [-0.4, -0.2) is 40.0 Å². The van der Waals surface area contributed by atoms with Crippen LogP contribution in [0.5, 0.6) is 0 Å². The number of fused-ring (bicyclic) bond motifs is 1. The summed E-state index contributed by atoms with van der Waals surface area (Å²) in [5.74, 6) is 0.129. The zero-order chi connectivity index (χ0) is 18.1. The normalized spacial score (nSPS) is 20.5. The molecule has 2 aromatic heterocycles. The fourth-order valence-corrected chi connectivity index (χ4v) is 3.66. The lowest BCUT2D eigenvalue weighted by molar-refractivity contribution is -0.143. The Hall–Kier alpha value is -2.66. The Balaban J connectivity index is 1.53. The highest BCUT2D eigenvalue weighted by Crippen LogP contribution is 2.28. The number of carbonyl (C=O) groups excluding carboxylic acids is 1. The minimum atomic E-state index is -0.0685. The maximum atomic E-state index is 13.0. The number of aryl methyl sites for hydroxylation is 1. The number of pyridine rings is 1. The molecule has 1 amide bonds. The summed E-state index contributed by atoms with van der Waals surface area (Å²) in [6.07, 6.45) is 3.94. The molecule has 2 atom stereocenters. The second-order valence-electron chi connectivity index (χ2n) is 6.96. The molecule has 1 aliphatic heterocycles. The number of hydrogen-bond donors (Lipinski definition) is 1. The van der Waals surface area contributed by atoms with E-state index in [1.807, 2.05) is 42.3 Å². The molecule has 26 heavy (non-hydrogen) atoms. The van der Waals surface area contributed by atoms with Crippen molar-refractivity contribution in [3.8, 4) is 0 Å². The second kappa shape index (κ2) is 6.92. The molecule has 0 aliphatic carbocycles. The van der Waals surface area contributed by atoms with Crippen molar-refractivity contribution in [2.24, 2.45) is 0 Å². The van der Waals surface area contributed by atoms with Crippen LogP contribution in [0.2, 0.25) is 0 Å². The van der Waals surface area contributed by atoms with E-state index in [-0.39, 0.29) is 18.1 Å². The maximum absolute atomic E-state index is 13.0. The van der Waals surface area contributed by atoms with Crippen LogP contribution in [0.1, 0.15) is 29.7 Å². The van der Waals surface area contributed by atoms with Gasteiger partial charge in [-0.3, -0.25) is 4.79 Å². The zero-order valence-electron chi connectivity index (χ0n) is 15.1. The third-order valence-corrected chi connectivity index (χ3v) is 5.17. The molecular formula is C21H23N3O2. The number of benzene rings is 1. The summed E-state index contributed by atoms with van der Waals surface area (Å²) in [5.41, 5.74) is 4.17. The molecule has 5 heteroatoms. The van der Waals surface area contributed by atoms with Crippen LogP contribution in [0.25, 0.3) is 11.0 Å². The van der Waals surface area contributed by atoms with Crippen molar-refractivity contribution in [2.45, 2.75) is 32.4 Å². The first-order valence-electron chi connectivity index (χ1n) is 9.01. The molecule has 0 unspecified atom stereocenters. The third-order valence-electron chi connectivity index (χ3n) is 5.17. The molecule has 1 N–H and O–H groups in total. The summed E-state index contributed by atoms with van der Waals surface area (Å²) in [6, 6.07) is 12.2. The maximum Gasteiger partial charge on any atom is 0.227 e. The number of hydrogen-bond acceptors (Lipinski definition) is 3. The minimum Gasteiger partial charge on any atom is -0.370 e. The first kappa shape index (κ1) is 16.8. The standard InChI is InChI=1S/C21H23N3O2/c1-14-6-3-4-7-17(14)19-12-24(15(2)13-26-19)20(25)10-16-11-23-21-18(16)8-5-9-22-21/h3-9,11,15,19H,10,12-13H2,1-2H3,(H,22,23)/t15-,19+/m1/s1. The summed E-state index contributed by atoms with van der Waals surface area (Å²) in [4.78, 5) is 22.4. The Kier molecular flexibility index (Phi) is 4.47. The molecule has 0 bridgehead atoms. The van der Waals surface area contributed by atoms with E-state index in [0.29, 0.717) is 19.6 Å². The van der Waals surface area contributed by atoms with E-state index in [1.165, 1.54) is 5.56 Å². The number of amides is 1. The molecule has 134 valence electrons. The van der Waals surface area contributed by atoms with Gasteiger partial charge in [-0.2, -0.15) is 0 Å². The van der Waals surface area contributed by atoms with Crippen molar-refractivity contribution in [1.29, 1.82) is 0 Å². The summed E-state index contributed by atoms with van der Waals surface area (Å²) >= 11 is 0. The van der Waals surface area contributed by atoms with Gasteiger partial charge in [0.15, 0.2) is 0 Å². The number of nitrogens with zero attached hydrogens (tertiary/aromatic N) is 2. The fraction of sp³-hybridized carbons (Fsp3) is 0.333. The Morgan fingerprint density at radius 3 is 3.00 bits per heavy atom. The molecule has 1 saturated heterocycles. The van der Waals surface area contributed by atoms with Gasteiger partial charge in [0, 0.05) is 17.8 Å². The van der Waals surface area contributed by atoms with Gasteiger partial charge in [-0.25, -0.2) is 4.98 Å². The summed E-state index contributed by atoms with van der Waals surface area (Å²) < 4.78 is 6.03. The monoisotopic (exact) mass is 349 g/mol. The van der Waals surface area contributed by atoms with Gasteiger partial charge in [-0.05, 0) is 42.7 Å². The number of aromatic amines is 1. The number of rotatable bonds is 3. The topological polar surface area (TPSA) is 58.2 Å². The van der Waals surface area contributed by atoms with Crippen molar-refractivity contribution < 1.29 is 9.53 Å². The van der Waals surface area contributed by atoms with Gasteiger partial charge in [0.2, 0.25) is 5.91 Å². The van der Waals surface area contributed by atoms with Gasteiger partial charge < -0.3 is 14.6 Å². The number of ether oxygens (including phenoxy) is 1. The minimum absolute atomic E-state index is 0.0685. The molecular weight excluding hydrogens is 326 g/mol. The van der Waals surface area contributed by atoms with E-state index in [1.54, 1.807) is 6.20 Å². The van der Waals surface area contributed by atoms with Gasteiger partial charge in [0.1, 0.15) is 11.8 Å². The van der Waals surface area contributed by atoms with Crippen molar-refractivity contribution in [2.75, 3.05) is 13.2 Å². The lowest BCUT2D eigenvalue weighted by Gasteiger charge is -2.38. The highest BCUT2D eigenvalue weighted by atomic mass is 16.5. The van der Waals surface area contributed by atoms with E-state index in [0.717, 1.165) is 22.2 Å². The van der Waals surface area contributed by atoms with Gasteiger partial charge in [0.05, 0.1) is 25.6 Å². The third kappa shape index (κ3) is 3.10. The lowest BCUT2D eigenvalue weighted by Crippen LogP contribution is -2.48. The van der Waals surface area contributed by atoms with Crippen LogP contribution in [-0.2, 0) is 16.0 Å². The molecule has 1 aliphatic rings. The SMILES string of the molecule is Cc1ccccc1[C@@H]1CN(C(=O)Cc2c[nH]c3ncccc23)[C@H](C)CO1. The summed E-state index contributed by atoms with van der Waals surface area (Å²) in [6.45, 7) is 5.27. The zero-order valence-corrected chi connectivity index (χ0v) is 15.1. The molecule has 1 aromatic carbocycles. The van der Waals surface area contributed by atoms with Crippen LogP contribution in [0.4, 0.5) is 0 Å². The van der Waals surface area contributed by atoms with Gasteiger partial charge in [-0.1, -0.05) is 24.3 Å². The van der Waals surface area contributed by atoms with Crippen molar-refractivity contribution in [3.05, 3.63) is 65.5 Å². The predicted molar refractivity (Wildman–Crippen MR) is 101 cm³/mol. The molecule has 4 rings (SSSR count). The second-order valence-corrected chi connectivity index (χ2v) is 6.96. The lowest BCUT2D eigenvalue weighted by atomic mass is 10.0. The highest BCUT2D eigenvalue weighted by molar-refractivity contribution is 5.87. The Bertz CT molecular complexity index is 934. The van der Waals surface area contributed by atoms with E-state index >= 15 is 0 Å². The molecule has 3 aromatic rings. The Labute approximate surface area is 153 Å². The number of carbonyl (C=O) groups is 1. The average Bonchev–Trinajstić information content (AvgIpc) is 3.06. The number of nitrogens with one attached hydrogen (secondary N) is 1. The van der Waals surface area contributed by atoms with Gasteiger partial charge in [0.25, 0.3) is 0 Å². The number of aromatic nitrogens is 2. The van der Waals surface area contributed by atoms with E-state index in [9.17, 15) is 4.79 Å². The Morgan fingerprint density at radius 2 is 2.15 bits per heavy atom. The predicted octanol–water partition coefficient (Wildman–Crippen LogP) is 3.40. The van der Waals surface area contributed by atoms with Gasteiger partial charge in [-0.15, -0.1) is 0 Å². The highest BCUT2D eigenvalue weighted by Gasteiger charge is 2.31. The van der Waals surface area contributed by atoms with Crippen molar-refractivity contribution in [3.63, 3.8) is 0 Å². The number of morpholine rings is 1. The fourth-order valence-electron chi connectivity index (χ4n) is 3.66. The first-order chi connectivity index (χ1) is 12.6. The molecule has 5 nitrogen and oxygen atoms in total. The summed E-state index contributed by atoms with van der Waals surface area (Å²) in [7, 11) is 0. The largest absolute Gasteiger partial charge is 0.370 e. The summed E-state index contributed by atoms with van der Waals surface area (Å²) in [5, 5.41) is 1.01. The van der Waals surface area contributed by atoms with Crippen molar-refractivity contribution in [1.82, 2.24) is 14.9 Å².